The van der Waals surface area contributed by atoms with E-state index < -0.39 is 20.5 Å². The molecule has 2 saturated heterocycles. The summed E-state index contributed by atoms with van der Waals surface area (Å²) in [4.78, 5) is 27.7. The molecule has 2 aliphatic heterocycles. The standard InChI is InChI=1S/C22H25N3O5S/c26-19-15-31(28,29)22(25(19)14-16-6-2-1-3-7-16)10-12-24(13-11-22)21(27)20-17-8-4-5-9-18(17)30-23-20/h1-3,6-7H,4-5,8-15H2. The molecule has 164 valence electrons. The monoisotopic (exact) mass is 443 g/mol. The second-order valence-electron chi connectivity index (χ2n) is 8.60. The fourth-order valence-electron chi connectivity index (χ4n) is 5.11. The zero-order valence-corrected chi connectivity index (χ0v) is 18.1. The van der Waals surface area contributed by atoms with E-state index in [9.17, 15) is 18.0 Å². The molecule has 0 bridgehead atoms. The van der Waals surface area contributed by atoms with Gasteiger partial charge >= 0.3 is 0 Å². The molecule has 3 heterocycles. The molecule has 0 radical (unpaired) electrons. The number of likely N-dealkylation sites (tertiary alicyclic amines) is 1. The van der Waals surface area contributed by atoms with Gasteiger partial charge in [0, 0.05) is 44.5 Å². The van der Waals surface area contributed by atoms with E-state index in [0.29, 0.717) is 5.69 Å². The van der Waals surface area contributed by atoms with E-state index in [1.54, 1.807) is 4.90 Å². The van der Waals surface area contributed by atoms with E-state index in [1.165, 1.54) is 4.90 Å². The highest BCUT2D eigenvalue weighted by Crippen LogP contribution is 2.41. The largest absolute Gasteiger partial charge is 0.360 e. The molecule has 5 rings (SSSR count). The van der Waals surface area contributed by atoms with E-state index in [0.717, 1.165) is 42.6 Å². The van der Waals surface area contributed by atoms with Crippen molar-refractivity contribution < 1.29 is 22.5 Å². The summed E-state index contributed by atoms with van der Waals surface area (Å²) in [6, 6.07) is 9.40. The molecule has 1 spiro atoms. The first-order valence-electron chi connectivity index (χ1n) is 10.7. The van der Waals surface area contributed by atoms with Gasteiger partial charge in [0.1, 0.15) is 16.4 Å². The number of fused-ring (bicyclic) bond motifs is 1. The number of carbonyl (C=O) groups is 2. The number of piperidine rings is 1. The Labute approximate surface area is 181 Å². The van der Waals surface area contributed by atoms with Crippen LogP contribution in [0.2, 0.25) is 0 Å². The predicted octanol–water partition coefficient (Wildman–Crippen LogP) is 1.94. The number of aryl methyl sites for hydroxylation is 1. The number of carbonyl (C=O) groups excluding carboxylic acids is 2. The van der Waals surface area contributed by atoms with Crippen LogP contribution in [0.25, 0.3) is 0 Å². The van der Waals surface area contributed by atoms with Gasteiger partial charge in [0.05, 0.1) is 0 Å². The number of hydrogen-bond acceptors (Lipinski definition) is 6. The van der Waals surface area contributed by atoms with Crippen molar-refractivity contribution >= 4 is 21.7 Å². The number of hydrogen-bond donors (Lipinski definition) is 0. The Morgan fingerprint density at radius 3 is 2.55 bits per heavy atom. The molecule has 0 N–H and O–H groups in total. The Kier molecular flexibility index (Phi) is 4.88. The molecular formula is C22H25N3O5S. The van der Waals surface area contributed by atoms with Gasteiger partial charge in [-0.15, -0.1) is 0 Å². The Morgan fingerprint density at radius 2 is 1.81 bits per heavy atom. The third-order valence-corrected chi connectivity index (χ3v) is 9.27. The average Bonchev–Trinajstić information content (AvgIpc) is 3.28. The zero-order valence-electron chi connectivity index (χ0n) is 17.2. The molecule has 0 unspecified atom stereocenters. The van der Waals surface area contributed by atoms with Gasteiger partial charge in [0.15, 0.2) is 15.5 Å². The van der Waals surface area contributed by atoms with Crippen LogP contribution in [0.15, 0.2) is 34.9 Å². The van der Waals surface area contributed by atoms with E-state index in [2.05, 4.69) is 5.16 Å². The van der Waals surface area contributed by atoms with Crippen molar-refractivity contribution in [1.82, 2.24) is 15.0 Å². The van der Waals surface area contributed by atoms with Crippen LogP contribution in [0, 0.1) is 0 Å². The SMILES string of the molecule is O=C(c1noc2c1CCCC2)N1CCC2(CC1)N(Cc1ccccc1)C(=O)CS2(=O)=O. The molecule has 9 heteroatoms. The van der Waals surface area contributed by atoms with Crippen molar-refractivity contribution in [2.24, 2.45) is 0 Å². The maximum absolute atomic E-state index is 13.1. The highest BCUT2D eigenvalue weighted by molar-refractivity contribution is 7.93. The van der Waals surface area contributed by atoms with Gasteiger partial charge in [-0.1, -0.05) is 35.5 Å². The smallest absolute Gasteiger partial charge is 0.276 e. The van der Waals surface area contributed by atoms with Crippen molar-refractivity contribution in [3.63, 3.8) is 0 Å². The quantitative estimate of drug-likeness (QED) is 0.719. The molecule has 2 aromatic rings. The molecule has 1 aromatic heterocycles. The third kappa shape index (κ3) is 3.26. The summed E-state index contributed by atoms with van der Waals surface area (Å²) < 4.78 is 31.5. The highest BCUT2D eigenvalue weighted by Gasteiger charge is 2.58. The predicted molar refractivity (Wildman–Crippen MR) is 112 cm³/mol. The molecule has 8 nitrogen and oxygen atoms in total. The zero-order chi connectivity index (χ0) is 21.6. The Bertz CT molecular complexity index is 1120. The number of benzene rings is 1. The van der Waals surface area contributed by atoms with Gasteiger partial charge in [0.25, 0.3) is 5.91 Å². The summed E-state index contributed by atoms with van der Waals surface area (Å²) in [5.41, 5.74) is 2.14. The van der Waals surface area contributed by atoms with Gasteiger partial charge in [-0.25, -0.2) is 8.42 Å². The number of sulfone groups is 1. The van der Waals surface area contributed by atoms with Gasteiger partial charge in [-0.3, -0.25) is 9.59 Å². The van der Waals surface area contributed by atoms with Crippen molar-refractivity contribution in [3.8, 4) is 0 Å². The Morgan fingerprint density at radius 1 is 1.10 bits per heavy atom. The average molecular weight is 444 g/mol. The molecule has 2 amide bonds. The second-order valence-corrected chi connectivity index (χ2v) is 10.9. The lowest BCUT2D eigenvalue weighted by molar-refractivity contribution is -0.131. The van der Waals surface area contributed by atoms with Crippen LogP contribution in [0.5, 0.6) is 0 Å². The first-order valence-corrected chi connectivity index (χ1v) is 12.4. The van der Waals surface area contributed by atoms with Crippen molar-refractivity contribution in [1.29, 1.82) is 0 Å². The lowest BCUT2D eigenvalue weighted by Gasteiger charge is -2.43. The number of rotatable bonds is 3. The van der Waals surface area contributed by atoms with E-state index in [4.69, 9.17) is 4.52 Å². The molecule has 1 aromatic carbocycles. The number of nitrogens with zero attached hydrogens (tertiary/aromatic N) is 3. The molecular weight excluding hydrogens is 418 g/mol. The molecule has 0 atom stereocenters. The van der Waals surface area contributed by atoms with Crippen molar-refractivity contribution in [2.45, 2.75) is 49.9 Å². The van der Waals surface area contributed by atoms with Gasteiger partial charge in [-0.2, -0.15) is 0 Å². The summed E-state index contributed by atoms with van der Waals surface area (Å²) in [5.74, 6) is -0.252. The summed E-state index contributed by atoms with van der Waals surface area (Å²) >= 11 is 0. The summed E-state index contributed by atoms with van der Waals surface area (Å²) in [6.45, 7) is 0.778. The summed E-state index contributed by atoms with van der Waals surface area (Å²) in [7, 11) is -3.64. The van der Waals surface area contributed by atoms with E-state index in [1.807, 2.05) is 30.3 Å². The van der Waals surface area contributed by atoms with Gasteiger partial charge in [-0.05, 0) is 24.8 Å². The Hall–Kier alpha value is -2.68. The summed E-state index contributed by atoms with van der Waals surface area (Å²) in [5, 5.41) is 4.02. The minimum atomic E-state index is -3.64. The van der Waals surface area contributed by atoms with Crippen molar-refractivity contribution in [3.05, 3.63) is 52.9 Å². The third-order valence-electron chi connectivity index (χ3n) is 6.85. The first kappa shape index (κ1) is 20.2. The first-order chi connectivity index (χ1) is 14.9. The van der Waals surface area contributed by atoms with Crippen LogP contribution in [0.1, 0.15) is 53.1 Å². The number of amides is 2. The molecule has 1 aliphatic carbocycles. The second kappa shape index (κ2) is 7.47. The minimum absolute atomic E-state index is 0.208. The lowest BCUT2D eigenvalue weighted by Crippen LogP contribution is -2.56. The lowest BCUT2D eigenvalue weighted by atomic mass is 9.95. The molecule has 2 fully saturated rings. The van der Waals surface area contributed by atoms with Crippen LogP contribution in [-0.4, -0.2) is 58.9 Å². The fraction of sp³-hybridized carbons (Fsp3) is 0.500. The van der Waals surface area contributed by atoms with E-state index in [-0.39, 0.29) is 44.3 Å². The normalized spacial score (nSPS) is 22.0. The van der Waals surface area contributed by atoms with Gasteiger partial charge < -0.3 is 14.3 Å². The minimum Gasteiger partial charge on any atom is -0.360 e. The van der Waals surface area contributed by atoms with Gasteiger partial charge in [0.2, 0.25) is 5.91 Å². The van der Waals surface area contributed by atoms with Crippen LogP contribution < -0.4 is 0 Å². The molecule has 31 heavy (non-hydrogen) atoms. The molecule has 0 saturated carbocycles. The molecule has 3 aliphatic rings. The van der Waals surface area contributed by atoms with Crippen LogP contribution in [0.4, 0.5) is 0 Å². The van der Waals surface area contributed by atoms with Crippen LogP contribution in [0.3, 0.4) is 0 Å². The fourth-order valence-corrected chi connectivity index (χ4v) is 7.17. The van der Waals surface area contributed by atoms with Crippen molar-refractivity contribution in [2.75, 3.05) is 18.8 Å². The maximum atomic E-state index is 13.1. The van der Waals surface area contributed by atoms with Crippen LogP contribution in [-0.2, 0) is 34.0 Å². The topological polar surface area (TPSA) is 101 Å². The maximum Gasteiger partial charge on any atom is 0.276 e. The van der Waals surface area contributed by atoms with E-state index >= 15 is 0 Å². The number of aromatic nitrogens is 1. The summed E-state index contributed by atoms with van der Waals surface area (Å²) in [6.07, 6.45) is 4.04. The van der Waals surface area contributed by atoms with Crippen LogP contribution >= 0.6 is 0 Å². The Balaban J connectivity index is 1.37. The highest BCUT2D eigenvalue weighted by atomic mass is 32.2.